The molecular formula is C14H21FN2O2. The molecule has 106 valence electrons. The monoisotopic (exact) mass is 268 g/mol. The Kier molecular flexibility index (Phi) is 4.52. The van der Waals surface area contributed by atoms with E-state index in [1.165, 1.54) is 12.1 Å². The third-order valence-corrected chi connectivity index (χ3v) is 3.86. The van der Waals surface area contributed by atoms with Gasteiger partial charge in [0.1, 0.15) is 5.82 Å². The van der Waals surface area contributed by atoms with E-state index in [-0.39, 0.29) is 11.9 Å². The van der Waals surface area contributed by atoms with E-state index in [9.17, 15) is 4.39 Å². The summed E-state index contributed by atoms with van der Waals surface area (Å²) in [5, 5.41) is 3.41. The smallest absolute Gasteiger partial charge is 0.170 e. The van der Waals surface area contributed by atoms with Gasteiger partial charge in [-0.15, -0.1) is 0 Å². The summed E-state index contributed by atoms with van der Waals surface area (Å²) < 4.78 is 24.3. The van der Waals surface area contributed by atoms with Gasteiger partial charge >= 0.3 is 0 Å². The molecule has 0 bridgehead atoms. The third kappa shape index (κ3) is 2.95. The molecule has 1 atom stereocenters. The van der Waals surface area contributed by atoms with Crippen molar-refractivity contribution in [2.24, 2.45) is 5.73 Å². The number of hydrogen-bond donors (Lipinski definition) is 2. The number of ether oxygens (including phenoxy) is 2. The summed E-state index contributed by atoms with van der Waals surface area (Å²) in [6, 6.07) is 4.81. The molecule has 0 saturated carbocycles. The topological polar surface area (TPSA) is 56.5 Å². The second kappa shape index (κ2) is 5.96. The molecule has 0 aliphatic carbocycles. The predicted octanol–water partition coefficient (Wildman–Crippen LogP) is 1.70. The summed E-state index contributed by atoms with van der Waals surface area (Å²) in [6.45, 7) is 1.10. The quantitative estimate of drug-likeness (QED) is 0.816. The van der Waals surface area contributed by atoms with Crippen LogP contribution in [0.3, 0.4) is 0 Å². The maximum absolute atomic E-state index is 13.3. The van der Waals surface area contributed by atoms with Gasteiger partial charge in [-0.1, -0.05) is 6.07 Å². The summed E-state index contributed by atoms with van der Waals surface area (Å²) >= 11 is 0. The number of piperidine rings is 1. The minimum atomic E-state index is -0.573. The van der Waals surface area contributed by atoms with Crippen LogP contribution in [0.2, 0.25) is 0 Å². The third-order valence-electron chi connectivity index (χ3n) is 3.86. The van der Waals surface area contributed by atoms with Crippen LogP contribution < -0.4 is 11.1 Å². The van der Waals surface area contributed by atoms with Crippen LogP contribution >= 0.6 is 0 Å². The molecule has 0 radical (unpaired) electrons. The Labute approximate surface area is 113 Å². The Bertz CT molecular complexity index is 435. The standard InChI is InChI=1S/C14H21FN2O2/c1-18-14(19-2)5-6-17-13(8-14)12-4-3-11(15)7-10(12)9-16/h3-4,7,13,17H,5-6,8-9,16H2,1-2H3. The second-order valence-electron chi connectivity index (χ2n) is 4.83. The molecular weight excluding hydrogens is 247 g/mol. The largest absolute Gasteiger partial charge is 0.353 e. The van der Waals surface area contributed by atoms with Gasteiger partial charge in [0.25, 0.3) is 0 Å². The zero-order chi connectivity index (χ0) is 13.9. The maximum atomic E-state index is 13.3. The van der Waals surface area contributed by atoms with Gasteiger partial charge in [-0.2, -0.15) is 0 Å². The zero-order valence-corrected chi connectivity index (χ0v) is 11.4. The molecule has 1 saturated heterocycles. The Balaban J connectivity index is 2.26. The van der Waals surface area contributed by atoms with Crippen molar-refractivity contribution in [3.8, 4) is 0 Å². The van der Waals surface area contributed by atoms with Gasteiger partial charge in [0.15, 0.2) is 5.79 Å². The van der Waals surface area contributed by atoms with E-state index < -0.39 is 5.79 Å². The van der Waals surface area contributed by atoms with Gasteiger partial charge in [0.05, 0.1) is 0 Å². The Morgan fingerprint density at radius 3 is 2.79 bits per heavy atom. The zero-order valence-electron chi connectivity index (χ0n) is 11.4. The minimum absolute atomic E-state index is 0.0628. The molecule has 4 nitrogen and oxygen atoms in total. The van der Waals surface area contributed by atoms with Crippen LogP contribution in [0.15, 0.2) is 18.2 Å². The number of methoxy groups -OCH3 is 2. The highest BCUT2D eigenvalue weighted by atomic mass is 19.1. The van der Waals surface area contributed by atoms with Crippen LogP contribution in [-0.4, -0.2) is 26.6 Å². The first kappa shape index (κ1) is 14.4. The van der Waals surface area contributed by atoms with E-state index in [0.717, 1.165) is 24.1 Å². The van der Waals surface area contributed by atoms with Crippen LogP contribution in [0, 0.1) is 5.82 Å². The van der Waals surface area contributed by atoms with E-state index in [4.69, 9.17) is 15.2 Å². The summed E-state index contributed by atoms with van der Waals surface area (Å²) in [5.41, 5.74) is 7.54. The fraction of sp³-hybridized carbons (Fsp3) is 0.571. The molecule has 3 N–H and O–H groups in total. The first-order chi connectivity index (χ1) is 9.14. The average molecular weight is 268 g/mol. The molecule has 2 rings (SSSR count). The highest BCUT2D eigenvalue weighted by molar-refractivity contribution is 5.31. The molecule has 0 spiro atoms. The maximum Gasteiger partial charge on any atom is 0.170 e. The molecule has 1 unspecified atom stereocenters. The van der Waals surface area contributed by atoms with Crippen LogP contribution in [0.4, 0.5) is 4.39 Å². The molecule has 1 aromatic rings. The van der Waals surface area contributed by atoms with E-state index >= 15 is 0 Å². The fourth-order valence-electron chi connectivity index (χ4n) is 2.69. The Morgan fingerprint density at radius 2 is 2.16 bits per heavy atom. The summed E-state index contributed by atoms with van der Waals surface area (Å²) in [7, 11) is 3.31. The van der Waals surface area contributed by atoms with E-state index in [1.54, 1.807) is 20.3 Å². The Hall–Kier alpha value is -1.01. The van der Waals surface area contributed by atoms with Crippen molar-refractivity contribution in [3.05, 3.63) is 35.1 Å². The number of nitrogens with two attached hydrogens (primary N) is 1. The van der Waals surface area contributed by atoms with Crippen molar-refractivity contribution < 1.29 is 13.9 Å². The van der Waals surface area contributed by atoms with Crippen LogP contribution in [-0.2, 0) is 16.0 Å². The average Bonchev–Trinajstić information content (AvgIpc) is 2.47. The predicted molar refractivity (Wildman–Crippen MR) is 71.0 cm³/mol. The lowest BCUT2D eigenvalue weighted by Crippen LogP contribution is -2.46. The lowest BCUT2D eigenvalue weighted by molar-refractivity contribution is -0.226. The fourth-order valence-corrected chi connectivity index (χ4v) is 2.69. The van der Waals surface area contributed by atoms with Gasteiger partial charge in [0, 0.05) is 46.2 Å². The molecule has 1 fully saturated rings. The van der Waals surface area contributed by atoms with Gasteiger partial charge in [-0.05, 0) is 23.3 Å². The summed E-state index contributed by atoms with van der Waals surface area (Å²) in [5.74, 6) is -0.833. The van der Waals surface area contributed by atoms with Crippen molar-refractivity contribution in [1.82, 2.24) is 5.32 Å². The Morgan fingerprint density at radius 1 is 1.42 bits per heavy atom. The summed E-state index contributed by atoms with van der Waals surface area (Å²) in [4.78, 5) is 0. The second-order valence-corrected chi connectivity index (χ2v) is 4.83. The first-order valence-corrected chi connectivity index (χ1v) is 6.46. The first-order valence-electron chi connectivity index (χ1n) is 6.46. The van der Waals surface area contributed by atoms with Crippen molar-refractivity contribution in [3.63, 3.8) is 0 Å². The molecule has 0 aromatic heterocycles. The van der Waals surface area contributed by atoms with Crippen molar-refractivity contribution in [1.29, 1.82) is 0 Å². The summed E-state index contributed by atoms with van der Waals surface area (Å²) in [6.07, 6.45) is 1.47. The van der Waals surface area contributed by atoms with E-state index in [1.807, 2.05) is 0 Å². The van der Waals surface area contributed by atoms with Crippen molar-refractivity contribution in [2.45, 2.75) is 31.2 Å². The highest BCUT2D eigenvalue weighted by Crippen LogP contribution is 2.34. The van der Waals surface area contributed by atoms with Gasteiger partial charge in [0.2, 0.25) is 0 Å². The number of nitrogens with one attached hydrogen (secondary N) is 1. The number of halogens is 1. The lowest BCUT2D eigenvalue weighted by atomic mass is 9.90. The number of hydrogen-bond acceptors (Lipinski definition) is 4. The SMILES string of the molecule is COC1(OC)CCNC(c2ccc(F)cc2CN)C1. The van der Waals surface area contributed by atoms with Crippen LogP contribution in [0.1, 0.15) is 30.0 Å². The van der Waals surface area contributed by atoms with Crippen molar-refractivity contribution >= 4 is 0 Å². The van der Waals surface area contributed by atoms with Gasteiger partial charge in [-0.25, -0.2) is 4.39 Å². The lowest BCUT2D eigenvalue weighted by Gasteiger charge is -2.39. The van der Waals surface area contributed by atoms with Gasteiger partial charge < -0.3 is 20.5 Å². The van der Waals surface area contributed by atoms with Crippen LogP contribution in [0.25, 0.3) is 0 Å². The van der Waals surface area contributed by atoms with Crippen molar-refractivity contribution in [2.75, 3.05) is 20.8 Å². The molecule has 1 aliphatic heterocycles. The number of rotatable bonds is 4. The highest BCUT2D eigenvalue weighted by Gasteiger charge is 2.37. The van der Waals surface area contributed by atoms with E-state index in [2.05, 4.69) is 5.32 Å². The molecule has 5 heteroatoms. The van der Waals surface area contributed by atoms with Crippen LogP contribution in [0.5, 0.6) is 0 Å². The molecule has 1 heterocycles. The number of benzene rings is 1. The molecule has 1 aliphatic rings. The van der Waals surface area contributed by atoms with E-state index in [0.29, 0.717) is 13.0 Å². The molecule has 0 amide bonds. The molecule has 19 heavy (non-hydrogen) atoms. The molecule has 1 aromatic carbocycles. The normalized spacial score (nSPS) is 22.4. The van der Waals surface area contributed by atoms with Gasteiger partial charge in [-0.3, -0.25) is 0 Å². The minimum Gasteiger partial charge on any atom is -0.353 e.